The lowest BCUT2D eigenvalue weighted by molar-refractivity contribution is 0.482. The first-order valence-corrected chi connectivity index (χ1v) is 10.4. The lowest BCUT2D eigenvalue weighted by Gasteiger charge is -2.11. The van der Waals surface area contributed by atoms with E-state index in [1.807, 2.05) is 82.3 Å². The molecule has 6 heteroatoms. The normalized spacial score (nSPS) is 11.8. The fraction of sp³-hybridized carbons (Fsp3) is 0.154. The lowest BCUT2D eigenvalue weighted by atomic mass is 9.99. The molecule has 160 valence electrons. The summed E-state index contributed by atoms with van der Waals surface area (Å²) in [5, 5.41) is 29.8. The summed E-state index contributed by atoms with van der Waals surface area (Å²) < 4.78 is 0. The van der Waals surface area contributed by atoms with Crippen LogP contribution in [0.3, 0.4) is 0 Å². The number of phenolic OH excluding ortho intramolecular Hbond substituents is 1. The van der Waals surface area contributed by atoms with E-state index in [2.05, 4.69) is 20.5 Å². The van der Waals surface area contributed by atoms with Crippen LogP contribution in [0.5, 0.6) is 5.75 Å². The summed E-state index contributed by atoms with van der Waals surface area (Å²) in [7, 11) is 0. The molecule has 0 saturated carbocycles. The van der Waals surface area contributed by atoms with Gasteiger partial charge in [0.05, 0.1) is 17.1 Å². The summed E-state index contributed by atoms with van der Waals surface area (Å²) in [4.78, 5) is 0. The highest BCUT2D eigenvalue weighted by Crippen LogP contribution is 2.41. The molecule has 6 nitrogen and oxygen atoms in total. The Balaban J connectivity index is 1.62. The minimum Gasteiger partial charge on any atom is -0.505 e. The highest BCUT2D eigenvalue weighted by molar-refractivity contribution is 5.98. The van der Waals surface area contributed by atoms with Crippen LogP contribution in [0.1, 0.15) is 22.3 Å². The van der Waals surface area contributed by atoms with Crippen LogP contribution in [-0.2, 0) is 0 Å². The van der Waals surface area contributed by atoms with Crippen LogP contribution in [0, 0.1) is 27.7 Å². The molecule has 4 rings (SSSR count). The van der Waals surface area contributed by atoms with Crippen molar-refractivity contribution in [1.82, 2.24) is 0 Å². The SMILES string of the molecule is Cc1ccc(N=Nc2ccc(N=Nc3c(C)cc4c(C)c(N)ccc4c3O)c(C)c2)cc1. The average Bonchev–Trinajstić information content (AvgIpc) is 2.77. The van der Waals surface area contributed by atoms with Crippen molar-refractivity contribution in [2.45, 2.75) is 27.7 Å². The number of hydrogen-bond acceptors (Lipinski definition) is 6. The number of benzene rings is 4. The van der Waals surface area contributed by atoms with Gasteiger partial charge in [-0.25, -0.2) is 0 Å². The molecule has 0 saturated heterocycles. The molecule has 0 aromatic heterocycles. The zero-order valence-electron chi connectivity index (χ0n) is 18.6. The molecule has 0 spiro atoms. The molecule has 4 aromatic carbocycles. The first kappa shape index (κ1) is 21.2. The van der Waals surface area contributed by atoms with Crippen LogP contribution in [0.25, 0.3) is 10.8 Å². The smallest absolute Gasteiger partial charge is 0.151 e. The van der Waals surface area contributed by atoms with E-state index in [0.29, 0.717) is 22.4 Å². The molecule has 0 fully saturated rings. The number of anilines is 1. The van der Waals surface area contributed by atoms with Gasteiger partial charge in [0.15, 0.2) is 5.75 Å². The Morgan fingerprint density at radius 2 is 1.34 bits per heavy atom. The van der Waals surface area contributed by atoms with E-state index in [0.717, 1.165) is 33.5 Å². The predicted molar refractivity (Wildman–Crippen MR) is 130 cm³/mol. The first-order chi connectivity index (χ1) is 15.3. The molecule has 0 aliphatic carbocycles. The lowest BCUT2D eigenvalue weighted by Crippen LogP contribution is -1.91. The van der Waals surface area contributed by atoms with Crippen molar-refractivity contribution in [2.24, 2.45) is 20.5 Å². The minimum atomic E-state index is 0.105. The largest absolute Gasteiger partial charge is 0.505 e. The van der Waals surface area contributed by atoms with Crippen molar-refractivity contribution >= 4 is 39.2 Å². The van der Waals surface area contributed by atoms with Gasteiger partial charge in [0.25, 0.3) is 0 Å². The van der Waals surface area contributed by atoms with Crippen LogP contribution < -0.4 is 5.73 Å². The van der Waals surface area contributed by atoms with E-state index in [4.69, 9.17) is 5.73 Å². The monoisotopic (exact) mass is 423 g/mol. The average molecular weight is 424 g/mol. The van der Waals surface area contributed by atoms with E-state index in [1.165, 1.54) is 5.56 Å². The molecule has 0 unspecified atom stereocenters. The van der Waals surface area contributed by atoms with E-state index in [9.17, 15) is 5.11 Å². The topological polar surface area (TPSA) is 95.7 Å². The summed E-state index contributed by atoms with van der Waals surface area (Å²) in [5.41, 5.74) is 13.3. The molecule has 0 aliphatic rings. The highest BCUT2D eigenvalue weighted by atomic mass is 16.3. The molecular formula is C26H25N5O. The van der Waals surface area contributed by atoms with Crippen molar-refractivity contribution < 1.29 is 5.11 Å². The maximum Gasteiger partial charge on any atom is 0.151 e. The molecular weight excluding hydrogens is 398 g/mol. The van der Waals surface area contributed by atoms with Crippen molar-refractivity contribution in [3.63, 3.8) is 0 Å². The van der Waals surface area contributed by atoms with Gasteiger partial charge in [0.2, 0.25) is 0 Å². The van der Waals surface area contributed by atoms with Crippen molar-refractivity contribution in [3.05, 3.63) is 82.9 Å². The number of aromatic hydroxyl groups is 1. The van der Waals surface area contributed by atoms with E-state index in [1.54, 1.807) is 6.07 Å². The van der Waals surface area contributed by atoms with E-state index >= 15 is 0 Å². The maximum atomic E-state index is 10.8. The maximum absolute atomic E-state index is 10.8. The third-order valence-corrected chi connectivity index (χ3v) is 5.52. The van der Waals surface area contributed by atoms with Gasteiger partial charge in [0.1, 0.15) is 5.69 Å². The van der Waals surface area contributed by atoms with Gasteiger partial charge in [0, 0.05) is 11.1 Å². The summed E-state index contributed by atoms with van der Waals surface area (Å²) in [6.07, 6.45) is 0. The molecule has 0 aliphatic heterocycles. The predicted octanol–water partition coefficient (Wildman–Crippen LogP) is 8.19. The first-order valence-electron chi connectivity index (χ1n) is 10.4. The molecule has 4 aromatic rings. The van der Waals surface area contributed by atoms with Crippen LogP contribution in [0.15, 0.2) is 81.1 Å². The molecule has 32 heavy (non-hydrogen) atoms. The minimum absolute atomic E-state index is 0.105. The zero-order valence-corrected chi connectivity index (χ0v) is 18.6. The Bertz CT molecular complexity index is 1370. The van der Waals surface area contributed by atoms with Gasteiger partial charge >= 0.3 is 0 Å². The molecule has 0 atom stereocenters. The van der Waals surface area contributed by atoms with Gasteiger partial charge in [-0.2, -0.15) is 15.3 Å². The van der Waals surface area contributed by atoms with Crippen molar-refractivity contribution in [1.29, 1.82) is 0 Å². The fourth-order valence-electron chi connectivity index (χ4n) is 3.51. The highest BCUT2D eigenvalue weighted by Gasteiger charge is 2.13. The van der Waals surface area contributed by atoms with Crippen LogP contribution in [0.2, 0.25) is 0 Å². The summed E-state index contributed by atoms with van der Waals surface area (Å²) in [6, 6.07) is 19.1. The summed E-state index contributed by atoms with van der Waals surface area (Å²) in [6.45, 7) is 7.82. The van der Waals surface area contributed by atoms with Gasteiger partial charge < -0.3 is 10.8 Å². The molecule has 3 N–H and O–H groups in total. The number of nitrogen functional groups attached to an aromatic ring is 1. The number of nitrogens with two attached hydrogens (primary N) is 1. The Kier molecular flexibility index (Phi) is 5.69. The Morgan fingerprint density at radius 3 is 2.06 bits per heavy atom. The fourth-order valence-corrected chi connectivity index (χ4v) is 3.51. The van der Waals surface area contributed by atoms with Gasteiger partial charge in [-0.05, 0) is 98.3 Å². The second-order valence-corrected chi connectivity index (χ2v) is 7.97. The van der Waals surface area contributed by atoms with Gasteiger partial charge in [-0.15, -0.1) is 5.11 Å². The third-order valence-electron chi connectivity index (χ3n) is 5.52. The molecule has 0 radical (unpaired) electrons. The number of hydrogen-bond donors (Lipinski definition) is 2. The van der Waals surface area contributed by atoms with Crippen LogP contribution in [-0.4, -0.2) is 5.11 Å². The molecule has 0 amide bonds. The second-order valence-electron chi connectivity index (χ2n) is 7.97. The molecule has 0 bridgehead atoms. The molecule has 0 heterocycles. The number of nitrogens with zero attached hydrogens (tertiary/aromatic N) is 4. The van der Waals surface area contributed by atoms with Crippen molar-refractivity contribution in [2.75, 3.05) is 5.73 Å². The Labute approximate surface area is 187 Å². The standard InChI is InChI=1S/C26H25N5O/c1-15-5-7-19(8-6-15)28-29-20-9-12-24(16(2)13-20)30-31-25-17(3)14-22-18(4)23(27)11-10-21(22)26(25)32/h5-14,32H,27H2,1-4H3. The second kappa shape index (κ2) is 8.59. The van der Waals surface area contributed by atoms with Crippen LogP contribution in [0.4, 0.5) is 28.4 Å². The Hall–Kier alpha value is -4.06. The van der Waals surface area contributed by atoms with Gasteiger partial charge in [-0.3, -0.25) is 0 Å². The number of rotatable bonds is 4. The zero-order chi connectivity index (χ0) is 22.8. The summed E-state index contributed by atoms with van der Waals surface area (Å²) >= 11 is 0. The number of phenols is 1. The van der Waals surface area contributed by atoms with Gasteiger partial charge in [-0.1, -0.05) is 17.7 Å². The quantitative estimate of drug-likeness (QED) is 0.255. The van der Waals surface area contributed by atoms with E-state index < -0.39 is 0 Å². The summed E-state index contributed by atoms with van der Waals surface area (Å²) in [5.74, 6) is 0.105. The third kappa shape index (κ3) is 4.21. The van der Waals surface area contributed by atoms with Crippen LogP contribution >= 0.6 is 0 Å². The Morgan fingerprint density at radius 1 is 0.656 bits per heavy atom. The number of azo groups is 2. The number of fused-ring (bicyclic) bond motifs is 1. The number of aryl methyl sites for hydroxylation is 4. The van der Waals surface area contributed by atoms with Crippen molar-refractivity contribution in [3.8, 4) is 5.75 Å². The van der Waals surface area contributed by atoms with E-state index in [-0.39, 0.29) is 5.75 Å².